The van der Waals surface area contributed by atoms with E-state index in [9.17, 15) is 9.59 Å². The van der Waals surface area contributed by atoms with Crippen LogP contribution in [-0.4, -0.2) is 29.8 Å². The zero-order chi connectivity index (χ0) is 24.7. The summed E-state index contributed by atoms with van der Waals surface area (Å²) in [6.07, 6.45) is 6.22. The normalized spacial score (nSPS) is 11.3. The highest BCUT2D eigenvalue weighted by Crippen LogP contribution is 2.30. The lowest BCUT2D eigenvalue weighted by Crippen LogP contribution is -2.19. The van der Waals surface area contributed by atoms with Crippen LogP contribution in [0.1, 0.15) is 29.3 Å². The average Bonchev–Trinajstić information content (AvgIpc) is 3.48. The zero-order valence-corrected chi connectivity index (χ0v) is 20.2. The van der Waals surface area contributed by atoms with Crippen molar-refractivity contribution < 1.29 is 4.79 Å². The maximum atomic E-state index is 13.6. The summed E-state index contributed by atoms with van der Waals surface area (Å²) in [6.45, 7) is 2.83. The van der Waals surface area contributed by atoms with Gasteiger partial charge in [-0.2, -0.15) is 5.10 Å². The lowest BCUT2D eigenvalue weighted by Gasteiger charge is -2.09. The van der Waals surface area contributed by atoms with Gasteiger partial charge in [0.05, 0.1) is 23.0 Å². The number of pyridine rings is 1. The van der Waals surface area contributed by atoms with Gasteiger partial charge in [-0.3, -0.25) is 14.3 Å². The smallest absolute Gasteiger partial charge is 0.275 e. The summed E-state index contributed by atoms with van der Waals surface area (Å²) >= 11 is 5.07. The predicted molar refractivity (Wildman–Crippen MR) is 142 cm³/mol. The highest BCUT2D eigenvalue weighted by Gasteiger charge is 2.23. The third kappa shape index (κ3) is 3.89. The largest absolute Gasteiger partial charge is 0.389 e. The Kier molecular flexibility index (Phi) is 5.70. The second-order valence-electron chi connectivity index (χ2n) is 8.38. The number of aromatic nitrogens is 4. The number of hydrogen-bond acceptors (Lipinski definition) is 4. The zero-order valence-electron chi connectivity index (χ0n) is 19.4. The van der Waals surface area contributed by atoms with Crippen LogP contribution < -0.4 is 16.6 Å². The van der Waals surface area contributed by atoms with Crippen molar-refractivity contribution >= 4 is 50.6 Å². The number of aryl methyl sites for hydroxylation is 2. The molecule has 0 unspecified atom stereocenters. The van der Waals surface area contributed by atoms with Gasteiger partial charge < -0.3 is 20.2 Å². The topological polar surface area (TPSA) is 99.9 Å². The molecule has 35 heavy (non-hydrogen) atoms. The highest BCUT2D eigenvalue weighted by atomic mass is 32.1. The summed E-state index contributed by atoms with van der Waals surface area (Å²) in [6, 6.07) is 14.6. The molecule has 3 N–H and O–H groups in total. The molecule has 5 aromatic rings. The van der Waals surface area contributed by atoms with E-state index in [4.69, 9.17) is 18.0 Å². The van der Waals surface area contributed by atoms with Crippen molar-refractivity contribution in [1.29, 1.82) is 0 Å². The van der Waals surface area contributed by atoms with E-state index in [1.165, 1.54) is 0 Å². The predicted octanol–water partition coefficient (Wildman–Crippen LogP) is 3.98. The van der Waals surface area contributed by atoms with Crippen LogP contribution in [-0.2, 0) is 13.6 Å². The molecule has 0 bridgehead atoms. The fraction of sp³-hybridized carbons (Fsp3) is 0.154. The number of para-hydroxylation sites is 1. The first-order valence-electron chi connectivity index (χ1n) is 11.3. The summed E-state index contributed by atoms with van der Waals surface area (Å²) in [5.74, 6) is -0.340. The number of thiocarbonyl (C=S) groups is 1. The molecule has 8 nitrogen and oxygen atoms in total. The second-order valence-corrected chi connectivity index (χ2v) is 8.82. The molecule has 0 saturated heterocycles. The third-order valence-electron chi connectivity index (χ3n) is 6.05. The Labute approximate surface area is 206 Å². The van der Waals surface area contributed by atoms with Gasteiger partial charge in [-0.1, -0.05) is 49.5 Å². The first-order valence-corrected chi connectivity index (χ1v) is 11.7. The average molecular weight is 485 g/mol. The minimum Gasteiger partial charge on any atom is -0.389 e. The van der Waals surface area contributed by atoms with Crippen LogP contribution in [0.4, 0.5) is 5.69 Å². The molecule has 3 heterocycles. The second kappa shape index (κ2) is 8.84. The van der Waals surface area contributed by atoms with E-state index in [1.807, 2.05) is 35.1 Å². The molecule has 3 aromatic heterocycles. The Hall–Kier alpha value is -4.24. The minimum absolute atomic E-state index is 0.198. The van der Waals surface area contributed by atoms with Crippen LogP contribution in [0, 0.1) is 0 Å². The molecule has 1 amide bonds. The standard InChI is InChI=1S/C26H24N6O2S/c1-3-11-31-14-18(13-28-31)32-15-20(25(33)29-17-8-6-7-16(12-17)24(27)35)22-19-9-4-5-10-21(19)30(2)26(34)23(22)32/h4-10,12-15H,3,11H2,1-2H3,(H2,27,35)(H,29,33). The third-order valence-corrected chi connectivity index (χ3v) is 6.28. The fourth-order valence-corrected chi connectivity index (χ4v) is 4.51. The van der Waals surface area contributed by atoms with Crippen molar-refractivity contribution in [1.82, 2.24) is 18.9 Å². The fourth-order valence-electron chi connectivity index (χ4n) is 4.39. The molecule has 0 fully saturated rings. The summed E-state index contributed by atoms with van der Waals surface area (Å²) in [5, 5.41) is 8.76. The van der Waals surface area contributed by atoms with Gasteiger partial charge in [0.25, 0.3) is 11.5 Å². The number of hydrogen-bond donors (Lipinski definition) is 2. The Morgan fingerprint density at radius 2 is 1.94 bits per heavy atom. The van der Waals surface area contributed by atoms with Gasteiger partial charge in [0.1, 0.15) is 10.5 Å². The summed E-state index contributed by atoms with van der Waals surface area (Å²) in [5.41, 5.74) is 9.04. The van der Waals surface area contributed by atoms with E-state index in [-0.39, 0.29) is 16.5 Å². The number of rotatable bonds is 6. The van der Waals surface area contributed by atoms with E-state index < -0.39 is 0 Å². The first-order chi connectivity index (χ1) is 16.9. The van der Waals surface area contributed by atoms with Crippen molar-refractivity contribution in [2.45, 2.75) is 19.9 Å². The maximum absolute atomic E-state index is 13.6. The van der Waals surface area contributed by atoms with Crippen molar-refractivity contribution in [3.8, 4) is 5.69 Å². The van der Waals surface area contributed by atoms with Gasteiger partial charge >= 0.3 is 0 Å². The Balaban J connectivity index is 1.74. The number of fused-ring (bicyclic) bond motifs is 3. The highest BCUT2D eigenvalue weighted by molar-refractivity contribution is 7.80. The van der Waals surface area contributed by atoms with Crippen molar-refractivity contribution in [2.24, 2.45) is 12.8 Å². The molecule has 0 aliphatic rings. The Morgan fingerprint density at radius 1 is 1.14 bits per heavy atom. The molecule has 0 saturated carbocycles. The van der Waals surface area contributed by atoms with Crippen molar-refractivity contribution in [3.05, 3.63) is 88.6 Å². The van der Waals surface area contributed by atoms with Crippen LogP contribution in [0.25, 0.3) is 27.5 Å². The first kappa shape index (κ1) is 22.5. The van der Waals surface area contributed by atoms with E-state index in [2.05, 4.69) is 17.3 Å². The van der Waals surface area contributed by atoms with Gasteiger partial charge in [-0.15, -0.1) is 0 Å². The summed E-state index contributed by atoms with van der Waals surface area (Å²) in [7, 11) is 1.74. The van der Waals surface area contributed by atoms with E-state index in [0.717, 1.165) is 23.9 Å². The number of nitrogens with two attached hydrogens (primary N) is 1. The molecule has 9 heteroatoms. The lowest BCUT2D eigenvalue weighted by atomic mass is 10.1. The van der Waals surface area contributed by atoms with Crippen LogP contribution in [0.2, 0.25) is 0 Å². The van der Waals surface area contributed by atoms with Crippen LogP contribution in [0.3, 0.4) is 0 Å². The molecule has 0 aliphatic carbocycles. The van der Waals surface area contributed by atoms with E-state index in [1.54, 1.807) is 52.8 Å². The quantitative estimate of drug-likeness (QED) is 0.355. The monoisotopic (exact) mass is 484 g/mol. The molecule has 2 aromatic carbocycles. The van der Waals surface area contributed by atoms with Crippen LogP contribution >= 0.6 is 12.2 Å². The van der Waals surface area contributed by atoms with Crippen molar-refractivity contribution in [2.75, 3.05) is 5.32 Å². The Morgan fingerprint density at radius 3 is 2.71 bits per heavy atom. The van der Waals surface area contributed by atoms with Gasteiger partial charge in [-0.05, 0) is 24.6 Å². The number of amides is 1. The molecule has 0 aliphatic heterocycles. The van der Waals surface area contributed by atoms with Crippen LogP contribution in [0.5, 0.6) is 0 Å². The van der Waals surface area contributed by atoms with E-state index in [0.29, 0.717) is 33.4 Å². The number of carbonyl (C=O) groups excluding carboxylic acids is 1. The van der Waals surface area contributed by atoms with Gasteiger partial charge in [0.2, 0.25) is 0 Å². The molecule has 176 valence electrons. The van der Waals surface area contributed by atoms with Gasteiger partial charge in [0.15, 0.2) is 0 Å². The molecular formula is C26H24N6O2S. The molecule has 0 atom stereocenters. The minimum atomic E-state index is -0.340. The van der Waals surface area contributed by atoms with E-state index >= 15 is 0 Å². The number of nitrogens with one attached hydrogen (secondary N) is 1. The molecule has 5 rings (SSSR count). The number of benzene rings is 2. The van der Waals surface area contributed by atoms with Crippen molar-refractivity contribution in [3.63, 3.8) is 0 Å². The number of carbonyl (C=O) groups is 1. The SMILES string of the molecule is CCCn1cc(-n2cc(C(=O)Nc3cccc(C(N)=S)c3)c3c4ccccc4n(C)c(=O)c32)cn1. The summed E-state index contributed by atoms with van der Waals surface area (Å²) in [4.78, 5) is 27.4. The lowest BCUT2D eigenvalue weighted by molar-refractivity contribution is 0.102. The number of nitrogens with zero attached hydrogens (tertiary/aromatic N) is 4. The van der Waals surface area contributed by atoms with Gasteiger partial charge in [0, 0.05) is 48.0 Å². The molecule has 0 radical (unpaired) electrons. The molecular weight excluding hydrogens is 460 g/mol. The Bertz CT molecular complexity index is 1680. The summed E-state index contributed by atoms with van der Waals surface area (Å²) < 4.78 is 5.19. The van der Waals surface area contributed by atoms with Gasteiger partial charge in [-0.25, -0.2) is 0 Å². The maximum Gasteiger partial charge on any atom is 0.275 e. The number of anilines is 1. The van der Waals surface area contributed by atoms with Crippen LogP contribution in [0.15, 0.2) is 71.9 Å². The molecule has 0 spiro atoms.